The van der Waals surface area contributed by atoms with Gasteiger partial charge in [-0.2, -0.15) is 5.26 Å². The third kappa shape index (κ3) is 4.98. The molecule has 0 bridgehead atoms. The molecule has 0 spiro atoms. The zero-order valence-electron chi connectivity index (χ0n) is 23.5. The van der Waals surface area contributed by atoms with Gasteiger partial charge < -0.3 is 10.5 Å². The van der Waals surface area contributed by atoms with E-state index in [1.165, 1.54) is 0 Å². The molecule has 2 aromatic carbocycles. The smallest absolute Gasteiger partial charge is 0.162 e. The number of aryl methyl sites for hydroxylation is 3. The van der Waals surface area contributed by atoms with Gasteiger partial charge in [0, 0.05) is 23.9 Å². The van der Waals surface area contributed by atoms with Crippen LogP contribution >= 0.6 is 11.6 Å². The summed E-state index contributed by atoms with van der Waals surface area (Å²) < 4.78 is 6.12. The average molecular weight is 553 g/mol. The minimum absolute atomic E-state index is 0.0129. The van der Waals surface area contributed by atoms with Crippen LogP contribution in [0.2, 0.25) is 5.15 Å². The second-order valence-electron chi connectivity index (χ2n) is 11.5. The number of nitrogens with zero attached hydrogens (tertiary/aromatic N) is 3. The first-order valence-electron chi connectivity index (χ1n) is 13.4. The first-order valence-corrected chi connectivity index (χ1v) is 13.7. The van der Waals surface area contributed by atoms with Crippen LogP contribution in [0.3, 0.4) is 0 Å². The van der Waals surface area contributed by atoms with Gasteiger partial charge in [0.25, 0.3) is 0 Å². The standard InChI is InChI=1S/C33H33ClN4O2/c1-19-8-10-23(11-9-19)40-18-22-14-24(21(3)13-20(22)2)29-25(17-35)32(36)38(26-7-6-12-37-31(26)34)27-15-33(4,5)16-28(39)30(27)29/h6-14,29H,15-16,18,36H2,1-5H3. The van der Waals surface area contributed by atoms with Crippen molar-refractivity contribution in [1.29, 1.82) is 5.26 Å². The van der Waals surface area contributed by atoms with Crippen molar-refractivity contribution in [3.05, 3.63) is 110 Å². The first kappa shape index (κ1) is 27.5. The van der Waals surface area contributed by atoms with Gasteiger partial charge in [-0.15, -0.1) is 0 Å². The molecule has 2 heterocycles. The van der Waals surface area contributed by atoms with E-state index in [0.717, 1.165) is 39.3 Å². The maximum atomic E-state index is 13.9. The number of nitrogens with two attached hydrogens (primary N) is 1. The number of anilines is 1. The highest BCUT2D eigenvalue weighted by Crippen LogP contribution is 2.51. The molecule has 1 aliphatic heterocycles. The van der Waals surface area contributed by atoms with Gasteiger partial charge in [-0.25, -0.2) is 4.98 Å². The number of carbonyl (C=O) groups is 1. The summed E-state index contributed by atoms with van der Waals surface area (Å²) in [5.74, 6) is 0.474. The van der Waals surface area contributed by atoms with Crippen LogP contribution in [0, 0.1) is 37.5 Å². The Bertz CT molecular complexity index is 1610. The highest BCUT2D eigenvalue weighted by Gasteiger charge is 2.45. The molecule has 1 aliphatic carbocycles. The Morgan fingerprint density at radius 1 is 1.12 bits per heavy atom. The van der Waals surface area contributed by atoms with Gasteiger partial charge in [0.05, 0.1) is 23.2 Å². The molecule has 0 amide bonds. The van der Waals surface area contributed by atoms with E-state index in [1.807, 2.05) is 51.1 Å². The maximum absolute atomic E-state index is 13.9. The van der Waals surface area contributed by atoms with Gasteiger partial charge >= 0.3 is 0 Å². The molecule has 1 unspecified atom stereocenters. The highest BCUT2D eigenvalue weighted by molar-refractivity contribution is 6.32. The number of halogens is 1. The summed E-state index contributed by atoms with van der Waals surface area (Å²) in [5, 5.41) is 10.7. The van der Waals surface area contributed by atoms with Crippen molar-refractivity contribution in [3.63, 3.8) is 0 Å². The fourth-order valence-corrected chi connectivity index (χ4v) is 6.02. The van der Waals surface area contributed by atoms with Gasteiger partial charge in [-0.1, -0.05) is 55.3 Å². The number of ether oxygens (including phenoxy) is 1. The molecular formula is C33H33ClN4O2. The fourth-order valence-electron chi connectivity index (χ4n) is 5.82. The zero-order valence-corrected chi connectivity index (χ0v) is 24.3. The topological polar surface area (TPSA) is 92.2 Å². The minimum Gasteiger partial charge on any atom is -0.489 e. The molecule has 40 heavy (non-hydrogen) atoms. The lowest BCUT2D eigenvalue weighted by Gasteiger charge is -2.44. The first-order chi connectivity index (χ1) is 19.0. The molecule has 204 valence electrons. The summed E-state index contributed by atoms with van der Waals surface area (Å²) in [4.78, 5) is 19.9. The fraction of sp³-hybridized carbons (Fsp3) is 0.303. The number of aromatic nitrogens is 1. The quantitative estimate of drug-likeness (QED) is 0.337. The molecule has 0 fully saturated rings. The molecule has 0 radical (unpaired) electrons. The van der Waals surface area contributed by atoms with E-state index < -0.39 is 5.92 Å². The number of carbonyl (C=O) groups excluding carboxylic acids is 1. The number of pyridine rings is 1. The second-order valence-corrected chi connectivity index (χ2v) is 11.9. The third-order valence-corrected chi connectivity index (χ3v) is 8.10. The second kappa shape index (κ2) is 10.5. The monoisotopic (exact) mass is 552 g/mol. The highest BCUT2D eigenvalue weighted by atomic mass is 35.5. The molecule has 6 nitrogen and oxygen atoms in total. The molecular weight excluding hydrogens is 520 g/mol. The Morgan fingerprint density at radius 3 is 2.52 bits per heavy atom. The van der Waals surface area contributed by atoms with Crippen LogP contribution in [0.4, 0.5) is 5.69 Å². The SMILES string of the molecule is Cc1ccc(OCc2cc(C3C(C#N)=C(N)N(c4cccnc4Cl)C4=C3C(=O)CC(C)(C)C4)c(C)cc2C)cc1. The van der Waals surface area contributed by atoms with Crippen LogP contribution in [0.1, 0.15) is 60.4 Å². The molecule has 3 aromatic rings. The van der Waals surface area contributed by atoms with Crippen LogP contribution in [-0.2, 0) is 11.4 Å². The van der Waals surface area contributed by atoms with Crippen LogP contribution in [0.15, 0.2) is 77.4 Å². The predicted octanol–water partition coefficient (Wildman–Crippen LogP) is 7.18. The Balaban J connectivity index is 1.67. The van der Waals surface area contributed by atoms with E-state index in [4.69, 9.17) is 22.1 Å². The number of Topliss-reactive ketones (excluding diaryl/α,β-unsaturated/α-hetero) is 1. The van der Waals surface area contributed by atoms with Crippen LogP contribution in [0.25, 0.3) is 0 Å². The number of allylic oxidation sites excluding steroid dienone is 3. The molecule has 1 atom stereocenters. The number of nitriles is 1. The summed E-state index contributed by atoms with van der Waals surface area (Å²) >= 11 is 6.53. The largest absolute Gasteiger partial charge is 0.489 e. The van der Waals surface area contributed by atoms with Gasteiger partial charge in [0.2, 0.25) is 0 Å². The Morgan fingerprint density at radius 2 is 1.85 bits per heavy atom. The number of ketones is 1. The molecule has 2 aliphatic rings. The van der Waals surface area contributed by atoms with Gasteiger partial charge in [-0.3, -0.25) is 9.69 Å². The van der Waals surface area contributed by atoms with Crippen molar-refractivity contribution in [2.75, 3.05) is 4.90 Å². The normalized spacial score (nSPS) is 18.5. The number of hydrogen-bond acceptors (Lipinski definition) is 6. The molecule has 0 saturated carbocycles. The van der Waals surface area contributed by atoms with Crippen molar-refractivity contribution in [2.24, 2.45) is 11.1 Å². The number of hydrogen-bond donors (Lipinski definition) is 1. The van der Waals surface area contributed by atoms with E-state index >= 15 is 0 Å². The number of rotatable bonds is 5. The predicted molar refractivity (Wildman–Crippen MR) is 158 cm³/mol. The van der Waals surface area contributed by atoms with Crippen molar-refractivity contribution in [1.82, 2.24) is 4.98 Å². The number of benzene rings is 2. The average Bonchev–Trinajstić information content (AvgIpc) is 2.89. The molecule has 5 rings (SSSR count). The van der Waals surface area contributed by atoms with E-state index in [-0.39, 0.29) is 22.2 Å². The Kier molecular flexibility index (Phi) is 7.20. The van der Waals surface area contributed by atoms with E-state index in [9.17, 15) is 10.1 Å². The van der Waals surface area contributed by atoms with Crippen molar-refractivity contribution in [3.8, 4) is 11.8 Å². The van der Waals surface area contributed by atoms with E-state index in [2.05, 4.69) is 37.0 Å². The van der Waals surface area contributed by atoms with Crippen molar-refractivity contribution in [2.45, 2.75) is 60.0 Å². The van der Waals surface area contributed by atoms with Crippen LogP contribution in [0.5, 0.6) is 5.75 Å². The van der Waals surface area contributed by atoms with Crippen molar-refractivity contribution >= 4 is 23.1 Å². The molecule has 0 saturated heterocycles. The molecule has 7 heteroatoms. The lowest BCUT2D eigenvalue weighted by atomic mass is 9.68. The van der Waals surface area contributed by atoms with E-state index in [0.29, 0.717) is 36.3 Å². The van der Waals surface area contributed by atoms with Gasteiger partial charge in [0.1, 0.15) is 18.2 Å². The van der Waals surface area contributed by atoms with Crippen LogP contribution in [-0.4, -0.2) is 10.8 Å². The lowest BCUT2D eigenvalue weighted by molar-refractivity contribution is -0.118. The minimum atomic E-state index is -0.589. The maximum Gasteiger partial charge on any atom is 0.162 e. The Hall–Kier alpha value is -4.08. The Labute approximate surface area is 240 Å². The van der Waals surface area contributed by atoms with Gasteiger partial charge in [0.15, 0.2) is 10.9 Å². The van der Waals surface area contributed by atoms with E-state index in [1.54, 1.807) is 17.2 Å². The molecule has 2 N–H and O–H groups in total. The summed E-state index contributed by atoms with van der Waals surface area (Å²) in [5.41, 5.74) is 13.9. The van der Waals surface area contributed by atoms with Crippen molar-refractivity contribution < 1.29 is 9.53 Å². The summed E-state index contributed by atoms with van der Waals surface area (Å²) in [6.07, 6.45) is 2.58. The lowest BCUT2D eigenvalue weighted by Crippen LogP contribution is -2.42. The van der Waals surface area contributed by atoms with Crippen LogP contribution < -0.4 is 15.4 Å². The van der Waals surface area contributed by atoms with Gasteiger partial charge in [-0.05, 0) is 79.1 Å². The third-order valence-electron chi connectivity index (χ3n) is 7.81. The summed E-state index contributed by atoms with van der Waals surface area (Å²) in [6, 6.07) is 18.0. The summed E-state index contributed by atoms with van der Waals surface area (Å²) in [7, 11) is 0. The summed E-state index contributed by atoms with van der Waals surface area (Å²) in [6.45, 7) is 10.6. The zero-order chi connectivity index (χ0) is 28.8. The molecule has 1 aromatic heterocycles.